The molecule has 9 nitrogen and oxygen atoms in total. The van der Waals surface area contributed by atoms with Crippen LogP contribution in [0.5, 0.6) is 0 Å². The van der Waals surface area contributed by atoms with Gasteiger partial charge in [0.1, 0.15) is 12.6 Å². The molecule has 0 bridgehead atoms. The summed E-state index contributed by atoms with van der Waals surface area (Å²) in [6.07, 6.45) is -0.0660. The zero-order valence-electron chi connectivity index (χ0n) is 10.4. The van der Waals surface area contributed by atoms with Gasteiger partial charge in [-0.25, -0.2) is 9.59 Å². The van der Waals surface area contributed by atoms with E-state index < -0.39 is 35.9 Å². The van der Waals surface area contributed by atoms with Crippen molar-refractivity contribution in [1.29, 1.82) is 0 Å². The number of hydrogen-bond donors (Lipinski definition) is 4. The second-order valence-electron chi connectivity index (χ2n) is 4.31. The number of nitrogens with one attached hydrogen (secondary N) is 2. The molecule has 0 spiro atoms. The van der Waals surface area contributed by atoms with Crippen LogP contribution in [0.4, 0.5) is 4.79 Å². The minimum absolute atomic E-state index is 0.0660. The van der Waals surface area contributed by atoms with Crippen molar-refractivity contribution in [3.8, 4) is 0 Å². The Labute approximate surface area is 109 Å². The van der Waals surface area contributed by atoms with E-state index in [0.717, 1.165) is 4.90 Å². The van der Waals surface area contributed by atoms with Crippen LogP contribution in [0.15, 0.2) is 0 Å². The molecule has 0 aromatic carbocycles. The molecule has 0 aromatic heterocycles. The molecule has 2 unspecified atom stereocenters. The highest BCUT2D eigenvalue weighted by Gasteiger charge is 2.35. The quantitative estimate of drug-likeness (QED) is 0.461. The summed E-state index contributed by atoms with van der Waals surface area (Å²) >= 11 is 0. The van der Waals surface area contributed by atoms with Crippen molar-refractivity contribution < 1.29 is 24.3 Å². The van der Waals surface area contributed by atoms with E-state index in [9.17, 15) is 19.2 Å². The highest BCUT2D eigenvalue weighted by Crippen LogP contribution is 2.05. The van der Waals surface area contributed by atoms with Gasteiger partial charge < -0.3 is 21.5 Å². The van der Waals surface area contributed by atoms with Crippen molar-refractivity contribution in [3.63, 3.8) is 0 Å². The van der Waals surface area contributed by atoms with Crippen molar-refractivity contribution >= 4 is 23.8 Å². The smallest absolute Gasteiger partial charge is 0.328 e. The van der Waals surface area contributed by atoms with E-state index in [1.807, 2.05) is 0 Å². The molecule has 1 fully saturated rings. The summed E-state index contributed by atoms with van der Waals surface area (Å²) in [5, 5.41) is 13.8. The zero-order valence-corrected chi connectivity index (χ0v) is 10.4. The zero-order chi connectivity index (χ0) is 14.6. The molecule has 0 aromatic rings. The van der Waals surface area contributed by atoms with Crippen molar-refractivity contribution in [2.24, 2.45) is 5.73 Å². The predicted molar refractivity (Wildman–Crippen MR) is 62.9 cm³/mol. The first-order valence-corrected chi connectivity index (χ1v) is 5.66. The summed E-state index contributed by atoms with van der Waals surface area (Å²) in [5.74, 6) is -2.23. The summed E-state index contributed by atoms with van der Waals surface area (Å²) in [6, 6.07) is -2.38. The van der Waals surface area contributed by atoms with Crippen LogP contribution in [0.25, 0.3) is 0 Å². The summed E-state index contributed by atoms with van der Waals surface area (Å²) in [5.41, 5.74) is 4.98. The number of carbonyl (C=O) groups excluding carboxylic acids is 3. The van der Waals surface area contributed by atoms with Crippen LogP contribution in [0.1, 0.15) is 13.3 Å². The van der Waals surface area contributed by atoms with Crippen LogP contribution in [0.3, 0.4) is 0 Å². The van der Waals surface area contributed by atoms with Gasteiger partial charge in [0.25, 0.3) is 0 Å². The van der Waals surface area contributed by atoms with Gasteiger partial charge in [-0.15, -0.1) is 0 Å². The van der Waals surface area contributed by atoms with Gasteiger partial charge in [-0.2, -0.15) is 0 Å². The van der Waals surface area contributed by atoms with Crippen molar-refractivity contribution in [1.82, 2.24) is 15.5 Å². The first-order valence-electron chi connectivity index (χ1n) is 5.66. The average Bonchev–Trinajstić information content (AvgIpc) is 2.26. The van der Waals surface area contributed by atoms with E-state index in [1.54, 1.807) is 6.92 Å². The Morgan fingerprint density at radius 2 is 2.21 bits per heavy atom. The molecule has 0 radical (unpaired) electrons. The van der Waals surface area contributed by atoms with Crippen LogP contribution < -0.4 is 16.4 Å². The van der Waals surface area contributed by atoms with Crippen molar-refractivity contribution in [2.45, 2.75) is 25.4 Å². The van der Waals surface area contributed by atoms with Gasteiger partial charge in [-0.1, -0.05) is 0 Å². The molecule has 19 heavy (non-hydrogen) atoms. The Bertz CT molecular complexity index is 411. The lowest BCUT2D eigenvalue weighted by atomic mass is 10.2. The monoisotopic (exact) mass is 272 g/mol. The molecule has 5 N–H and O–H groups in total. The van der Waals surface area contributed by atoms with Gasteiger partial charge in [0.2, 0.25) is 11.8 Å². The van der Waals surface area contributed by atoms with E-state index in [-0.39, 0.29) is 19.5 Å². The van der Waals surface area contributed by atoms with E-state index in [4.69, 9.17) is 10.8 Å². The lowest BCUT2D eigenvalue weighted by Gasteiger charge is -2.33. The molecule has 9 heteroatoms. The van der Waals surface area contributed by atoms with E-state index in [0.29, 0.717) is 0 Å². The first kappa shape index (κ1) is 14.7. The van der Waals surface area contributed by atoms with Gasteiger partial charge in [0.15, 0.2) is 0 Å². The lowest BCUT2D eigenvalue weighted by molar-refractivity contribution is -0.144. The number of aliphatic carboxylic acids is 1. The van der Waals surface area contributed by atoms with Gasteiger partial charge in [-0.3, -0.25) is 14.5 Å². The number of primary amides is 1. The third-order valence-electron chi connectivity index (χ3n) is 2.61. The predicted octanol–water partition coefficient (Wildman–Crippen LogP) is -2.16. The normalized spacial score (nSPS) is 20.4. The molecule has 1 saturated heterocycles. The molecular formula is C10H16N4O5. The molecule has 0 saturated carbocycles. The van der Waals surface area contributed by atoms with Gasteiger partial charge >= 0.3 is 12.0 Å². The number of amides is 4. The van der Waals surface area contributed by atoms with Gasteiger partial charge in [0, 0.05) is 19.0 Å². The summed E-state index contributed by atoms with van der Waals surface area (Å²) in [7, 11) is 0. The van der Waals surface area contributed by atoms with E-state index in [2.05, 4.69) is 10.6 Å². The number of nitrogens with zero attached hydrogens (tertiary/aromatic N) is 1. The number of carboxylic acids is 1. The maximum Gasteiger partial charge on any atom is 0.328 e. The van der Waals surface area contributed by atoms with Crippen molar-refractivity contribution in [2.75, 3.05) is 13.1 Å². The number of hydrogen-bond acceptors (Lipinski definition) is 4. The standard InChI is InChI=1S/C10H16N4O5/c1-5(2-7(11)15)13-10(19)14-4-8(16)12-3-6(14)9(17)18/h5-6H,2-4H2,1H3,(H2,11,15)(H,12,16)(H,13,19)(H,17,18). The van der Waals surface area contributed by atoms with Gasteiger partial charge in [-0.05, 0) is 6.92 Å². The fourth-order valence-electron chi connectivity index (χ4n) is 1.72. The highest BCUT2D eigenvalue weighted by atomic mass is 16.4. The molecule has 1 heterocycles. The Morgan fingerprint density at radius 3 is 2.74 bits per heavy atom. The second-order valence-corrected chi connectivity index (χ2v) is 4.31. The Balaban J connectivity index is 2.68. The summed E-state index contributed by atoms with van der Waals surface area (Å²) in [4.78, 5) is 45.7. The molecule has 106 valence electrons. The number of carboxylic acid groups (broad SMARTS) is 1. The maximum absolute atomic E-state index is 11.9. The third kappa shape index (κ3) is 4.12. The number of carbonyl (C=O) groups is 4. The molecule has 0 aliphatic carbocycles. The summed E-state index contributed by atoms with van der Waals surface area (Å²) < 4.78 is 0. The van der Waals surface area contributed by atoms with Crippen LogP contribution >= 0.6 is 0 Å². The van der Waals surface area contributed by atoms with Crippen molar-refractivity contribution in [3.05, 3.63) is 0 Å². The van der Waals surface area contributed by atoms with Crippen LogP contribution in [-0.2, 0) is 14.4 Å². The lowest BCUT2D eigenvalue weighted by Crippen LogP contribution is -2.62. The van der Waals surface area contributed by atoms with E-state index >= 15 is 0 Å². The third-order valence-corrected chi connectivity index (χ3v) is 2.61. The van der Waals surface area contributed by atoms with Gasteiger partial charge in [0.05, 0.1) is 0 Å². The van der Waals surface area contributed by atoms with E-state index in [1.165, 1.54) is 0 Å². The molecule has 4 amide bonds. The summed E-state index contributed by atoms with van der Waals surface area (Å²) in [6.45, 7) is 1.07. The van der Waals surface area contributed by atoms with Crippen LogP contribution in [0, 0.1) is 0 Å². The van der Waals surface area contributed by atoms with Crippen LogP contribution in [-0.4, -0.2) is 59.0 Å². The first-order chi connectivity index (χ1) is 8.81. The number of rotatable bonds is 4. The highest BCUT2D eigenvalue weighted by molar-refractivity contribution is 5.90. The Kier molecular flexibility index (Phi) is 4.67. The number of piperazine rings is 1. The fraction of sp³-hybridized carbons (Fsp3) is 0.600. The molecule has 2 atom stereocenters. The molecule has 1 aliphatic heterocycles. The Hall–Kier alpha value is -2.32. The largest absolute Gasteiger partial charge is 0.480 e. The SMILES string of the molecule is CC(CC(N)=O)NC(=O)N1CC(=O)NCC1C(=O)O. The fourth-order valence-corrected chi connectivity index (χ4v) is 1.72. The molecule has 1 rings (SSSR count). The Morgan fingerprint density at radius 1 is 1.58 bits per heavy atom. The second kappa shape index (κ2) is 6.03. The molecule has 1 aliphatic rings. The average molecular weight is 272 g/mol. The number of nitrogens with two attached hydrogens (primary N) is 1. The van der Waals surface area contributed by atoms with Crippen LogP contribution in [0.2, 0.25) is 0 Å². The maximum atomic E-state index is 11.9. The number of urea groups is 1. The minimum atomic E-state index is -1.21. The molecular weight excluding hydrogens is 256 g/mol. The minimum Gasteiger partial charge on any atom is -0.480 e. The topological polar surface area (TPSA) is 142 Å².